The standard InChI is InChI=1S/C15H10F2N2O2/c16-12-1-2-15-11(7-12)3-4-18(15)9-10-5-13(17)8-14(6-10)19(20)21/h1-8H,9H2. The van der Waals surface area contributed by atoms with Crippen LogP contribution in [0.4, 0.5) is 14.5 Å². The lowest BCUT2D eigenvalue weighted by molar-refractivity contribution is -0.385. The molecule has 4 nitrogen and oxygen atoms in total. The highest BCUT2D eigenvalue weighted by molar-refractivity contribution is 5.80. The summed E-state index contributed by atoms with van der Waals surface area (Å²) in [5, 5.41) is 11.5. The minimum absolute atomic E-state index is 0.272. The Kier molecular flexibility index (Phi) is 3.13. The molecule has 0 amide bonds. The van der Waals surface area contributed by atoms with E-state index < -0.39 is 10.7 Å². The molecule has 1 aromatic heterocycles. The van der Waals surface area contributed by atoms with E-state index >= 15 is 0 Å². The van der Waals surface area contributed by atoms with E-state index in [0.717, 1.165) is 17.0 Å². The van der Waals surface area contributed by atoms with Crippen LogP contribution in [0.15, 0.2) is 48.7 Å². The van der Waals surface area contributed by atoms with Crippen molar-refractivity contribution in [3.8, 4) is 0 Å². The van der Waals surface area contributed by atoms with Crippen molar-refractivity contribution in [1.29, 1.82) is 0 Å². The van der Waals surface area contributed by atoms with E-state index in [1.807, 2.05) is 0 Å². The van der Waals surface area contributed by atoms with E-state index in [-0.39, 0.29) is 18.0 Å². The molecule has 0 saturated heterocycles. The summed E-state index contributed by atoms with van der Waals surface area (Å²) >= 11 is 0. The quantitative estimate of drug-likeness (QED) is 0.542. The van der Waals surface area contributed by atoms with Crippen LogP contribution in [0.25, 0.3) is 10.9 Å². The molecule has 6 heteroatoms. The maximum Gasteiger partial charge on any atom is 0.272 e. The summed E-state index contributed by atoms with van der Waals surface area (Å²) in [4.78, 5) is 10.1. The monoisotopic (exact) mass is 288 g/mol. The number of nitrogens with zero attached hydrogens (tertiary/aromatic N) is 2. The van der Waals surface area contributed by atoms with Gasteiger partial charge in [0.15, 0.2) is 0 Å². The Balaban J connectivity index is 2.00. The first-order valence-corrected chi connectivity index (χ1v) is 6.21. The van der Waals surface area contributed by atoms with Crippen LogP contribution in [0.3, 0.4) is 0 Å². The van der Waals surface area contributed by atoms with Crippen LogP contribution in [0, 0.1) is 21.7 Å². The lowest BCUT2D eigenvalue weighted by Gasteiger charge is -2.06. The first kappa shape index (κ1) is 13.2. The number of halogens is 2. The molecule has 0 atom stereocenters. The maximum atomic E-state index is 13.4. The number of fused-ring (bicyclic) bond motifs is 1. The summed E-state index contributed by atoms with van der Waals surface area (Å²) in [5.74, 6) is -0.983. The first-order chi connectivity index (χ1) is 10.0. The highest BCUT2D eigenvalue weighted by Crippen LogP contribution is 2.21. The highest BCUT2D eigenvalue weighted by atomic mass is 19.1. The van der Waals surface area contributed by atoms with Crippen LogP contribution < -0.4 is 0 Å². The molecule has 0 fully saturated rings. The molecule has 3 rings (SSSR count). The van der Waals surface area contributed by atoms with Crippen molar-refractivity contribution in [3.63, 3.8) is 0 Å². The summed E-state index contributed by atoms with van der Waals surface area (Å²) in [7, 11) is 0. The average Bonchev–Trinajstić information content (AvgIpc) is 2.80. The maximum absolute atomic E-state index is 13.4. The molecule has 2 aromatic carbocycles. The van der Waals surface area contributed by atoms with Gasteiger partial charge >= 0.3 is 0 Å². The van der Waals surface area contributed by atoms with E-state index in [0.29, 0.717) is 5.56 Å². The molecule has 21 heavy (non-hydrogen) atoms. The second kappa shape index (κ2) is 4.97. The fraction of sp³-hybridized carbons (Fsp3) is 0.0667. The van der Waals surface area contributed by atoms with E-state index in [4.69, 9.17) is 0 Å². The molecular weight excluding hydrogens is 278 g/mol. The molecular formula is C15H10F2N2O2. The second-order valence-electron chi connectivity index (χ2n) is 4.72. The van der Waals surface area contributed by atoms with Crippen molar-refractivity contribution < 1.29 is 13.7 Å². The molecule has 0 saturated carbocycles. The molecule has 0 unspecified atom stereocenters. The van der Waals surface area contributed by atoms with Crippen molar-refractivity contribution in [2.24, 2.45) is 0 Å². The van der Waals surface area contributed by atoms with Crippen molar-refractivity contribution in [2.75, 3.05) is 0 Å². The summed E-state index contributed by atoms with van der Waals surface area (Å²) < 4.78 is 28.3. The number of hydrogen-bond donors (Lipinski definition) is 0. The number of nitro groups is 1. The predicted octanol–water partition coefficient (Wildman–Crippen LogP) is 3.88. The molecule has 0 spiro atoms. The number of nitro benzene ring substituents is 1. The second-order valence-corrected chi connectivity index (χ2v) is 4.72. The average molecular weight is 288 g/mol. The van der Waals surface area contributed by atoms with Gasteiger partial charge in [0.05, 0.1) is 11.0 Å². The van der Waals surface area contributed by atoms with Gasteiger partial charge in [-0.05, 0) is 35.9 Å². The van der Waals surface area contributed by atoms with Gasteiger partial charge in [-0.25, -0.2) is 8.78 Å². The smallest absolute Gasteiger partial charge is 0.272 e. The van der Waals surface area contributed by atoms with E-state index in [1.165, 1.54) is 24.3 Å². The molecule has 106 valence electrons. The van der Waals surface area contributed by atoms with E-state index in [1.54, 1.807) is 22.9 Å². The zero-order valence-electron chi connectivity index (χ0n) is 10.8. The van der Waals surface area contributed by atoms with Gasteiger partial charge in [0.25, 0.3) is 5.69 Å². The normalized spacial score (nSPS) is 11.0. The molecule has 3 aromatic rings. The largest absolute Gasteiger partial charge is 0.343 e. The van der Waals surface area contributed by atoms with Crippen LogP contribution in [0.2, 0.25) is 0 Å². The van der Waals surface area contributed by atoms with Gasteiger partial charge in [0.1, 0.15) is 11.6 Å². The number of non-ortho nitro benzene ring substituents is 1. The third-order valence-electron chi connectivity index (χ3n) is 3.24. The molecule has 0 N–H and O–H groups in total. The lowest BCUT2D eigenvalue weighted by Crippen LogP contribution is -2.00. The zero-order chi connectivity index (χ0) is 15.0. The predicted molar refractivity (Wildman–Crippen MR) is 74.1 cm³/mol. The number of aromatic nitrogens is 1. The lowest BCUT2D eigenvalue weighted by atomic mass is 10.2. The minimum atomic E-state index is -0.651. The number of benzene rings is 2. The number of hydrogen-bond acceptors (Lipinski definition) is 2. The Labute approximate surface area is 118 Å². The third-order valence-corrected chi connectivity index (χ3v) is 3.24. The van der Waals surface area contributed by atoms with Crippen molar-refractivity contribution in [1.82, 2.24) is 4.57 Å². The summed E-state index contributed by atoms with van der Waals surface area (Å²) in [6, 6.07) is 9.57. The molecule has 0 aliphatic rings. The van der Waals surface area contributed by atoms with Gasteiger partial charge in [0.2, 0.25) is 0 Å². The van der Waals surface area contributed by atoms with Gasteiger partial charge in [0, 0.05) is 29.7 Å². The molecule has 0 bridgehead atoms. The summed E-state index contributed by atoms with van der Waals surface area (Å²) in [6.45, 7) is 0.272. The van der Waals surface area contributed by atoms with Crippen molar-refractivity contribution in [3.05, 3.63) is 76.0 Å². The van der Waals surface area contributed by atoms with Gasteiger partial charge in [-0.15, -0.1) is 0 Å². The van der Waals surface area contributed by atoms with Crippen LogP contribution in [-0.4, -0.2) is 9.49 Å². The van der Waals surface area contributed by atoms with E-state index in [2.05, 4.69) is 0 Å². The van der Waals surface area contributed by atoms with Gasteiger partial charge < -0.3 is 4.57 Å². The van der Waals surface area contributed by atoms with E-state index in [9.17, 15) is 18.9 Å². The van der Waals surface area contributed by atoms with Crippen molar-refractivity contribution in [2.45, 2.75) is 6.54 Å². The molecule has 0 aliphatic heterocycles. The van der Waals surface area contributed by atoms with Crippen LogP contribution >= 0.6 is 0 Å². The first-order valence-electron chi connectivity index (χ1n) is 6.21. The third kappa shape index (κ3) is 2.60. The Morgan fingerprint density at radius 1 is 1.05 bits per heavy atom. The Morgan fingerprint density at radius 3 is 2.62 bits per heavy atom. The van der Waals surface area contributed by atoms with Crippen molar-refractivity contribution >= 4 is 16.6 Å². The fourth-order valence-corrected chi connectivity index (χ4v) is 2.34. The summed E-state index contributed by atoms with van der Waals surface area (Å²) in [6.07, 6.45) is 1.74. The topological polar surface area (TPSA) is 48.1 Å². The minimum Gasteiger partial charge on any atom is -0.343 e. The Hall–Kier alpha value is -2.76. The number of rotatable bonds is 3. The van der Waals surface area contributed by atoms with Gasteiger partial charge in [-0.1, -0.05) is 0 Å². The summed E-state index contributed by atoms with van der Waals surface area (Å²) in [5.41, 5.74) is 0.972. The Bertz CT molecular complexity index is 843. The SMILES string of the molecule is O=[N+]([O-])c1cc(F)cc(Cn2ccc3cc(F)ccc32)c1. The van der Waals surface area contributed by atoms with Crippen LogP contribution in [0.1, 0.15) is 5.56 Å². The van der Waals surface area contributed by atoms with Crippen LogP contribution in [-0.2, 0) is 6.54 Å². The van der Waals surface area contributed by atoms with Gasteiger partial charge in [-0.3, -0.25) is 10.1 Å². The zero-order valence-corrected chi connectivity index (χ0v) is 10.8. The molecule has 0 radical (unpaired) electrons. The van der Waals surface area contributed by atoms with Gasteiger partial charge in [-0.2, -0.15) is 0 Å². The van der Waals surface area contributed by atoms with Crippen LogP contribution in [0.5, 0.6) is 0 Å². The molecule has 1 heterocycles. The fourth-order valence-electron chi connectivity index (χ4n) is 2.34. The Morgan fingerprint density at radius 2 is 1.86 bits per heavy atom. The highest BCUT2D eigenvalue weighted by Gasteiger charge is 2.11. The molecule has 0 aliphatic carbocycles.